The molecule has 0 N–H and O–H groups in total. The van der Waals surface area contributed by atoms with Crippen LogP contribution in [0.1, 0.15) is 107 Å². The van der Waals surface area contributed by atoms with Crippen molar-refractivity contribution < 1.29 is 42.8 Å². The average molecular weight is 1120 g/mol. The highest BCUT2D eigenvalue weighted by Gasteiger charge is 2.54. The van der Waals surface area contributed by atoms with Crippen molar-refractivity contribution in [2.75, 3.05) is 39.6 Å². The zero-order chi connectivity index (χ0) is 57.8. The third-order valence-electron chi connectivity index (χ3n) is 17.0. The first kappa shape index (κ1) is 56.4. The van der Waals surface area contributed by atoms with Gasteiger partial charge >= 0.3 is 11.9 Å². The fraction of sp³-hybridized carbons (Fsp3) is 0.274. The summed E-state index contributed by atoms with van der Waals surface area (Å²) >= 11 is 0. The SMILES string of the molecule is C[C@]12CC[C@@H]3c4ccc(OCCCOc5cc(C(=O)OCCCOc6ccc(-c7ccc(-c8ccc(C#N)cc8)cc7)cc6)cc(C(=O)OCCCOc6ccc(-c7ccc(-c8ccc(C#N)cc8)cc7)cc6)c5)cc4CC[C@H]3[C@@H]1CCC2=O. The Kier molecular flexibility index (Phi) is 17.6. The van der Waals surface area contributed by atoms with Gasteiger partial charge in [0, 0.05) is 31.1 Å². The van der Waals surface area contributed by atoms with Crippen molar-refractivity contribution in [3.63, 3.8) is 0 Å². The topological polar surface area (TPSA) is 154 Å². The Hall–Kier alpha value is -9.45. The van der Waals surface area contributed by atoms with Gasteiger partial charge in [-0.3, -0.25) is 4.79 Å². The smallest absolute Gasteiger partial charge is 0.338 e. The number of rotatable bonds is 22. The molecule has 8 aromatic rings. The lowest BCUT2D eigenvalue weighted by Gasteiger charge is -2.48. The van der Waals surface area contributed by atoms with E-state index in [4.69, 9.17) is 38.9 Å². The molecule has 3 aliphatic carbocycles. The van der Waals surface area contributed by atoms with Crippen LogP contribution in [0.5, 0.6) is 23.0 Å². The summed E-state index contributed by atoms with van der Waals surface area (Å²) in [6.45, 7) is 3.71. The van der Waals surface area contributed by atoms with Crippen LogP contribution in [0, 0.1) is 39.9 Å². The molecule has 0 unspecified atom stereocenters. The molecule has 11 rings (SSSR count). The third kappa shape index (κ3) is 13.2. The molecule has 3 aliphatic rings. The lowest BCUT2D eigenvalue weighted by atomic mass is 9.55. The molecule has 11 nitrogen and oxygen atoms in total. The van der Waals surface area contributed by atoms with Crippen LogP contribution < -0.4 is 18.9 Å². The molecule has 4 atom stereocenters. The van der Waals surface area contributed by atoms with E-state index in [0.29, 0.717) is 91.0 Å². The molecule has 8 aromatic carbocycles. The first-order chi connectivity index (χ1) is 41.1. The number of fused-ring (bicyclic) bond motifs is 5. The summed E-state index contributed by atoms with van der Waals surface area (Å²) in [7, 11) is 0. The number of ketones is 1. The van der Waals surface area contributed by atoms with Crippen LogP contribution >= 0.6 is 0 Å². The normalized spacial score (nSPS) is 17.5. The molecule has 0 saturated heterocycles. The predicted molar refractivity (Wildman–Crippen MR) is 323 cm³/mol. The lowest BCUT2D eigenvalue weighted by molar-refractivity contribution is -0.129. The average Bonchev–Trinajstić information content (AvgIpc) is 2.00. The summed E-state index contributed by atoms with van der Waals surface area (Å²) in [5, 5.41) is 18.3. The van der Waals surface area contributed by atoms with Crippen molar-refractivity contribution >= 4 is 17.7 Å². The van der Waals surface area contributed by atoms with Crippen LogP contribution in [0.2, 0.25) is 0 Å². The highest BCUT2D eigenvalue weighted by atomic mass is 16.5. The van der Waals surface area contributed by atoms with E-state index in [0.717, 1.165) is 88.8 Å². The Labute approximate surface area is 491 Å². The van der Waals surface area contributed by atoms with Gasteiger partial charge in [-0.1, -0.05) is 110 Å². The number of benzene rings is 8. The van der Waals surface area contributed by atoms with Gasteiger partial charge in [0.1, 0.15) is 28.8 Å². The van der Waals surface area contributed by atoms with E-state index in [1.54, 1.807) is 12.1 Å². The highest BCUT2D eigenvalue weighted by molar-refractivity contribution is 5.96. The number of hydrogen-bond acceptors (Lipinski definition) is 11. The molecular weight excluding hydrogens is 1050 g/mol. The summed E-state index contributed by atoms with van der Waals surface area (Å²) in [6, 6.07) is 62.7. The van der Waals surface area contributed by atoms with Crippen LogP contribution in [0.3, 0.4) is 0 Å². The lowest BCUT2D eigenvalue weighted by Crippen LogP contribution is -2.42. The molecule has 0 radical (unpaired) electrons. The minimum absolute atomic E-state index is 0.0897. The van der Waals surface area contributed by atoms with Crippen molar-refractivity contribution in [2.45, 2.75) is 70.6 Å². The van der Waals surface area contributed by atoms with E-state index < -0.39 is 11.9 Å². The minimum atomic E-state index is -0.607. The maximum Gasteiger partial charge on any atom is 0.338 e. The number of nitriles is 2. The van der Waals surface area contributed by atoms with Gasteiger partial charge in [-0.2, -0.15) is 10.5 Å². The predicted octanol–water partition coefficient (Wildman–Crippen LogP) is 15.6. The molecule has 0 amide bonds. The first-order valence-corrected chi connectivity index (χ1v) is 29.2. The number of carbonyl (C=O) groups excluding carboxylic acids is 3. The van der Waals surface area contributed by atoms with Crippen molar-refractivity contribution in [3.8, 4) is 79.6 Å². The van der Waals surface area contributed by atoms with Gasteiger partial charge in [-0.05, 0) is 184 Å². The summed E-state index contributed by atoms with van der Waals surface area (Å²) < 4.78 is 35.8. The number of ether oxygens (including phenoxy) is 6. The maximum absolute atomic E-state index is 13.6. The number of Topliss-reactive ketones (excluding diaryl/α,β-unsaturated/α-hetero) is 1. The summed E-state index contributed by atoms with van der Waals surface area (Å²) in [6.07, 6.45) is 7.33. The zero-order valence-corrected chi connectivity index (χ0v) is 47.2. The Morgan fingerprint density at radius 3 is 1.30 bits per heavy atom. The van der Waals surface area contributed by atoms with Gasteiger partial charge in [-0.25, -0.2) is 9.59 Å². The van der Waals surface area contributed by atoms with Crippen LogP contribution in [-0.2, 0) is 20.7 Å². The number of carbonyl (C=O) groups is 3. The Morgan fingerprint density at radius 1 is 0.452 bits per heavy atom. The van der Waals surface area contributed by atoms with Gasteiger partial charge < -0.3 is 28.4 Å². The van der Waals surface area contributed by atoms with Crippen LogP contribution in [0.4, 0.5) is 0 Å². The number of esters is 2. The van der Waals surface area contributed by atoms with Crippen LogP contribution in [-0.4, -0.2) is 57.4 Å². The zero-order valence-electron chi connectivity index (χ0n) is 47.2. The molecule has 84 heavy (non-hydrogen) atoms. The maximum atomic E-state index is 13.6. The van der Waals surface area contributed by atoms with Crippen LogP contribution in [0.25, 0.3) is 44.5 Å². The summed E-state index contributed by atoms with van der Waals surface area (Å²) in [4.78, 5) is 40.0. The van der Waals surface area contributed by atoms with Crippen molar-refractivity contribution in [3.05, 3.63) is 215 Å². The van der Waals surface area contributed by atoms with E-state index in [9.17, 15) is 14.4 Å². The second-order valence-electron chi connectivity index (χ2n) is 22.2. The molecular formula is C73H66N2O9. The van der Waals surface area contributed by atoms with Gasteiger partial charge in [0.05, 0.1) is 74.0 Å². The van der Waals surface area contributed by atoms with Gasteiger partial charge in [-0.15, -0.1) is 0 Å². The van der Waals surface area contributed by atoms with Crippen molar-refractivity contribution in [2.24, 2.45) is 17.3 Å². The van der Waals surface area contributed by atoms with E-state index in [1.165, 1.54) is 17.2 Å². The fourth-order valence-corrected chi connectivity index (χ4v) is 12.4. The van der Waals surface area contributed by atoms with Crippen molar-refractivity contribution in [1.29, 1.82) is 10.5 Å². The molecule has 11 heteroatoms. The van der Waals surface area contributed by atoms with E-state index in [2.05, 4.69) is 85.8 Å². The number of nitrogens with zero attached hydrogens (tertiary/aromatic N) is 2. The molecule has 0 heterocycles. The monoisotopic (exact) mass is 1110 g/mol. The largest absolute Gasteiger partial charge is 0.493 e. The van der Waals surface area contributed by atoms with Gasteiger partial charge in [0.2, 0.25) is 0 Å². The second-order valence-corrected chi connectivity index (χ2v) is 22.2. The van der Waals surface area contributed by atoms with Gasteiger partial charge in [0.25, 0.3) is 0 Å². The molecule has 0 aromatic heterocycles. The number of aryl methyl sites for hydroxylation is 1. The first-order valence-electron chi connectivity index (χ1n) is 29.2. The molecule has 0 aliphatic heterocycles. The summed E-state index contributed by atoms with van der Waals surface area (Å²) in [5.41, 5.74) is 12.6. The molecule has 2 fully saturated rings. The quantitative estimate of drug-likeness (QED) is 0.0470. The fourth-order valence-electron chi connectivity index (χ4n) is 12.4. The Bertz CT molecular complexity index is 3510. The van der Waals surface area contributed by atoms with E-state index >= 15 is 0 Å². The minimum Gasteiger partial charge on any atom is -0.493 e. The van der Waals surface area contributed by atoms with E-state index in [-0.39, 0.29) is 36.4 Å². The highest BCUT2D eigenvalue weighted by Crippen LogP contribution is 2.59. The van der Waals surface area contributed by atoms with Crippen LogP contribution in [0.15, 0.2) is 182 Å². The molecule has 2 saturated carbocycles. The van der Waals surface area contributed by atoms with Crippen molar-refractivity contribution in [1.82, 2.24) is 0 Å². The Balaban J connectivity index is 0.660. The standard InChI is InChI=1S/C73H66N2O9/c1-73-36-35-67-66-32-30-64(44-59(66)25-31-68(67)69(73)33-34-70(73)76)81-39-2-40-82-65-45-60(71(77)83-41-3-37-79-62-26-21-57(22-27-62)55-17-13-53(14-18-55)51-9-5-49(47-74)6-10-51)43-61(46-65)72(78)84-42-4-38-80-63-28-23-58(24-29-63)56-19-15-54(16-20-56)52-11-7-50(48-75)8-12-52/h5-24,26-30,32,43-46,67-69H,2-4,25,31,33-42H2,1H3/t67-,68-,69+,73+/m1/s1. The molecule has 0 spiro atoms. The third-order valence-corrected chi connectivity index (χ3v) is 17.0. The number of hydrogen-bond donors (Lipinski definition) is 0. The molecule has 0 bridgehead atoms. The Morgan fingerprint density at radius 2 is 0.845 bits per heavy atom. The summed E-state index contributed by atoms with van der Waals surface area (Å²) in [5.74, 6) is 3.35. The second kappa shape index (κ2) is 26.2. The van der Waals surface area contributed by atoms with Gasteiger partial charge in [0.15, 0.2) is 0 Å². The van der Waals surface area contributed by atoms with E-state index in [1.807, 2.05) is 97.1 Å². The molecule has 422 valence electrons.